The summed E-state index contributed by atoms with van der Waals surface area (Å²) in [7, 11) is 2.00. The molecule has 0 amide bonds. The van der Waals surface area contributed by atoms with E-state index < -0.39 is 0 Å². The van der Waals surface area contributed by atoms with Gasteiger partial charge in [-0.2, -0.15) is 0 Å². The van der Waals surface area contributed by atoms with E-state index in [1.54, 1.807) is 0 Å². The van der Waals surface area contributed by atoms with Crippen LogP contribution in [-0.4, -0.2) is 18.8 Å². The lowest BCUT2D eigenvalue weighted by Gasteiger charge is -2.26. The van der Waals surface area contributed by atoms with Crippen molar-refractivity contribution in [3.05, 3.63) is 34.4 Å². The van der Waals surface area contributed by atoms with Crippen LogP contribution in [-0.2, 0) is 5.41 Å². The minimum absolute atomic E-state index is 0.189. The molecular formula is C17H29NO. The number of aryl methyl sites for hydroxylation is 2. The molecule has 108 valence electrons. The van der Waals surface area contributed by atoms with Gasteiger partial charge in [-0.05, 0) is 61.4 Å². The Kier molecular flexibility index (Phi) is 5.57. The predicted octanol–water partition coefficient (Wildman–Crippen LogP) is 3.63. The number of nitrogens with one attached hydrogen (secondary N) is 1. The van der Waals surface area contributed by atoms with Crippen LogP contribution in [0, 0.1) is 13.8 Å². The Bertz CT molecular complexity index is 395. The van der Waals surface area contributed by atoms with Gasteiger partial charge in [-0.15, -0.1) is 0 Å². The van der Waals surface area contributed by atoms with Crippen LogP contribution < -0.4 is 5.32 Å². The van der Waals surface area contributed by atoms with E-state index >= 15 is 0 Å². The lowest BCUT2D eigenvalue weighted by atomic mass is 9.82. The minimum Gasteiger partial charge on any atom is -0.396 e. The zero-order valence-electron chi connectivity index (χ0n) is 13.3. The number of hydrogen-bond donors (Lipinski definition) is 2. The maximum Gasteiger partial charge on any atom is 0.0431 e. The van der Waals surface area contributed by atoms with Gasteiger partial charge in [0.05, 0.1) is 0 Å². The molecule has 0 aliphatic heterocycles. The Hall–Kier alpha value is -0.860. The fraction of sp³-hybridized carbons (Fsp3) is 0.647. The van der Waals surface area contributed by atoms with Crippen molar-refractivity contribution in [2.24, 2.45) is 0 Å². The van der Waals surface area contributed by atoms with Gasteiger partial charge in [-0.25, -0.2) is 0 Å². The normalized spacial score (nSPS) is 13.6. The van der Waals surface area contributed by atoms with Gasteiger partial charge in [0.1, 0.15) is 0 Å². The van der Waals surface area contributed by atoms with E-state index in [9.17, 15) is 0 Å². The van der Waals surface area contributed by atoms with Crippen LogP contribution >= 0.6 is 0 Å². The molecule has 1 aromatic rings. The third-order valence-corrected chi connectivity index (χ3v) is 3.81. The van der Waals surface area contributed by atoms with Crippen molar-refractivity contribution >= 4 is 0 Å². The van der Waals surface area contributed by atoms with Gasteiger partial charge in [0.25, 0.3) is 0 Å². The van der Waals surface area contributed by atoms with E-state index in [1.807, 2.05) is 7.05 Å². The molecular weight excluding hydrogens is 234 g/mol. The van der Waals surface area contributed by atoms with Gasteiger partial charge in [-0.3, -0.25) is 0 Å². The number of aliphatic hydroxyl groups is 1. The summed E-state index contributed by atoms with van der Waals surface area (Å²) in [5, 5.41) is 12.4. The fourth-order valence-electron chi connectivity index (χ4n) is 2.69. The first kappa shape index (κ1) is 16.2. The molecule has 1 aromatic carbocycles. The molecule has 0 aromatic heterocycles. The molecule has 1 atom stereocenters. The topological polar surface area (TPSA) is 32.3 Å². The molecule has 0 saturated carbocycles. The zero-order valence-corrected chi connectivity index (χ0v) is 13.3. The average Bonchev–Trinajstić information content (AvgIpc) is 2.31. The Balaban J connectivity index is 3.15. The van der Waals surface area contributed by atoms with E-state index in [2.05, 4.69) is 52.1 Å². The van der Waals surface area contributed by atoms with Crippen molar-refractivity contribution in [3.63, 3.8) is 0 Å². The Morgan fingerprint density at radius 2 is 1.68 bits per heavy atom. The molecule has 2 heteroatoms. The molecule has 2 N–H and O–H groups in total. The number of benzene rings is 1. The molecule has 0 saturated heterocycles. The number of rotatable bonds is 5. The van der Waals surface area contributed by atoms with Crippen LogP contribution in [0.2, 0.25) is 0 Å². The van der Waals surface area contributed by atoms with Crippen LogP contribution in [0.1, 0.15) is 61.9 Å². The summed E-state index contributed by atoms with van der Waals surface area (Å²) >= 11 is 0. The lowest BCUT2D eigenvalue weighted by molar-refractivity contribution is 0.276. The summed E-state index contributed by atoms with van der Waals surface area (Å²) in [6.07, 6.45) is 1.81. The molecule has 0 heterocycles. The maximum atomic E-state index is 9.02. The summed E-state index contributed by atoms with van der Waals surface area (Å²) in [6.45, 7) is 11.4. The van der Waals surface area contributed by atoms with Crippen molar-refractivity contribution in [2.45, 2.75) is 58.9 Å². The Morgan fingerprint density at radius 3 is 2.05 bits per heavy atom. The highest BCUT2D eigenvalue weighted by Crippen LogP contribution is 2.31. The first-order valence-corrected chi connectivity index (χ1v) is 7.21. The number of aliphatic hydroxyl groups excluding tert-OH is 1. The van der Waals surface area contributed by atoms with Crippen LogP contribution in [0.15, 0.2) is 12.1 Å². The van der Waals surface area contributed by atoms with E-state index in [0.29, 0.717) is 6.04 Å². The van der Waals surface area contributed by atoms with E-state index in [1.165, 1.54) is 22.3 Å². The first-order chi connectivity index (χ1) is 8.81. The molecule has 2 nitrogen and oxygen atoms in total. The summed E-state index contributed by atoms with van der Waals surface area (Å²) in [5.74, 6) is 0. The summed E-state index contributed by atoms with van der Waals surface area (Å²) in [5.41, 5.74) is 5.67. The summed E-state index contributed by atoms with van der Waals surface area (Å²) < 4.78 is 0. The van der Waals surface area contributed by atoms with E-state index in [0.717, 1.165) is 12.8 Å². The molecule has 0 radical (unpaired) electrons. The average molecular weight is 263 g/mol. The van der Waals surface area contributed by atoms with Gasteiger partial charge in [0.15, 0.2) is 0 Å². The van der Waals surface area contributed by atoms with Crippen LogP contribution in [0.5, 0.6) is 0 Å². The van der Waals surface area contributed by atoms with Gasteiger partial charge < -0.3 is 10.4 Å². The lowest BCUT2D eigenvalue weighted by Crippen LogP contribution is -2.20. The van der Waals surface area contributed by atoms with Crippen molar-refractivity contribution < 1.29 is 5.11 Å². The molecule has 19 heavy (non-hydrogen) atoms. The summed E-state index contributed by atoms with van der Waals surface area (Å²) in [4.78, 5) is 0. The molecule has 0 aliphatic rings. The Morgan fingerprint density at radius 1 is 1.16 bits per heavy atom. The third kappa shape index (κ3) is 4.05. The highest BCUT2D eigenvalue weighted by Gasteiger charge is 2.19. The highest BCUT2D eigenvalue weighted by molar-refractivity contribution is 5.42. The van der Waals surface area contributed by atoms with Crippen LogP contribution in [0.4, 0.5) is 0 Å². The van der Waals surface area contributed by atoms with Gasteiger partial charge >= 0.3 is 0 Å². The second kappa shape index (κ2) is 6.53. The molecule has 0 fully saturated rings. The Labute approximate surface area is 118 Å². The molecule has 1 rings (SSSR count). The second-order valence-electron chi connectivity index (χ2n) is 6.48. The highest BCUT2D eigenvalue weighted by atomic mass is 16.2. The zero-order chi connectivity index (χ0) is 14.6. The van der Waals surface area contributed by atoms with Crippen molar-refractivity contribution in [2.75, 3.05) is 13.7 Å². The predicted molar refractivity (Wildman–Crippen MR) is 82.7 cm³/mol. The quantitative estimate of drug-likeness (QED) is 0.850. The van der Waals surface area contributed by atoms with Crippen LogP contribution in [0.25, 0.3) is 0 Å². The van der Waals surface area contributed by atoms with Gasteiger partial charge in [-0.1, -0.05) is 32.9 Å². The molecule has 1 unspecified atom stereocenters. The SMILES string of the molecule is CNC(CCCO)c1c(C)cc(C(C)(C)C)cc1C. The summed E-state index contributed by atoms with van der Waals surface area (Å²) in [6, 6.07) is 4.96. The van der Waals surface area contributed by atoms with Crippen molar-refractivity contribution in [1.29, 1.82) is 0 Å². The van der Waals surface area contributed by atoms with Crippen LogP contribution in [0.3, 0.4) is 0 Å². The maximum absolute atomic E-state index is 9.02. The third-order valence-electron chi connectivity index (χ3n) is 3.81. The van der Waals surface area contributed by atoms with Crippen molar-refractivity contribution in [3.8, 4) is 0 Å². The standard InChI is InChI=1S/C17H29NO/c1-12-10-14(17(3,4)5)11-13(2)16(12)15(18-6)8-7-9-19/h10-11,15,18-19H,7-9H2,1-6H3. The van der Waals surface area contributed by atoms with E-state index in [-0.39, 0.29) is 12.0 Å². The molecule has 0 bridgehead atoms. The van der Waals surface area contributed by atoms with E-state index in [4.69, 9.17) is 5.11 Å². The molecule has 0 aliphatic carbocycles. The van der Waals surface area contributed by atoms with Gasteiger partial charge in [0.2, 0.25) is 0 Å². The largest absolute Gasteiger partial charge is 0.396 e. The smallest absolute Gasteiger partial charge is 0.0431 e. The number of hydrogen-bond acceptors (Lipinski definition) is 2. The van der Waals surface area contributed by atoms with Crippen molar-refractivity contribution in [1.82, 2.24) is 5.32 Å². The van der Waals surface area contributed by atoms with Gasteiger partial charge in [0, 0.05) is 12.6 Å². The molecule has 0 spiro atoms. The first-order valence-electron chi connectivity index (χ1n) is 7.21. The minimum atomic E-state index is 0.189. The monoisotopic (exact) mass is 263 g/mol. The second-order valence-corrected chi connectivity index (χ2v) is 6.48. The fourth-order valence-corrected chi connectivity index (χ4v) is 2.69.